The number of anilines is 1. The summed E-state index contributed by atoms with van der Waals surface area (Å²) < 4.78 is 0. The Hall–Kier alpha value is -2.82. The topological polar surface area (TPSA) is 78.4 Å². The van der Waals surface area contributed by atoms with E-state index in [1.165, 1.54) is 6.07 Å². The van der Waals surface area contributed by atoms with Crippen molar-refractivity contribution < 1.29 is 14.7 Å². The molecule has 0 bridgehead atoms. The molecule has 0 heterocycles. The number of hydrogen-bond acceptors (Lipinski definition) is 3. The van der Waals surface area contributed by atoms with E-state index in [0.29, 0.717) is 11.3 Å². The van der Waals surface area contributed by atoms with Crippen molar-refractivity contribution in [3.05, 3.63) is 59.7 Å². The van der Waals surface area contributed by atoms with Gasteiger partial charge in [0.25, 0.3) is 5.91 Å². The molecule has 0 radical (unpaired) electrons. The van der Waals surface area contributed by atoms with E-state index in [2.05, 4.69) is 10.6 Å². The molecular weight excluding hydrogens is 268 g/mol. The van der Waals surface area contributed by atoms with Crippen LogP contribution in [0.4, 0.5) is 5.69 Å². The number of carbonyl (C=O) groups excluding carboxylic acids is 2. The monoisotopic (exact) mass is 284 g/mol. The Morgan fingerprint density at radius 1 is 1.10 bits per heavy atom. The summed E-state index contributed by atoms with van der Waals surface area (Å²) in [5.74, 6) is -0.554. The summed E-state index contributed by atoms with van der Waals surface area (Å²) in [7, 11) is 0. The minimum atomic E-state index is -0.359. The van der Waals surface area contributed by atoms with E-state index in [0.717, 1.165) is 5.56 Å². The van der Waals surface area contributed by atoms with Gasteiger partial charge in [-0.15, -0.1) is 0 Å². The first-order chi connectivity index (χ1) is 10.1. The van der Waals surface area contributed by atoms with Gasteiger partial charge in [-0.3, -0.25) is 9.59 Å². The second-order valence-electron chi connectivity index (χ2n) is 4.60. The van der Waals surface area contributed by atoms with E-state index in [1.54, 1.807) is 43.3 Å². The third-order valence-corrected chi connectivity index (χ3v) is 2.94. The lowest BCUT2D eigenvalue weighted by molar-refractivity contribution is -0.115. The normalized spacial score (nSPS) is 9.95. The van der Waals surface area contributed by atoms with E-state index < -0.39 is 0 Å². The summed E-state index contributed by atoms with van der Waals surface area (Å²) in [6.45, 7) is 1.63. The first kappa shape index (κ1) is 14.6. The second-order valence-corrected chi connectivity index (χ2v) is 4.60. The zero-order chi connectivity index (χ0) is 15.2. The van der Waals surface area contributed by atoms with Gasteiger partial charge in [0.05, 0.1) is 6.54 Å². The maximum Gasteiger partial charge on any atom is 0.251 e. The number of rotatable bonds is 4. The number of nitrogens with one attached hydrogen (secondary N) is 2. The number of phenolic OH excluding ortho intramolecular Hbond substituents is 1. The Labute approximate surface area is 122 Å². The number of aryl methyl sites for hydroxylation is 1. The molecular formula is C16H16N2O3. The summed E-state index contributed by atoms with van der Waals surface area (Å²) in [5, 5.41) is 14.7. The van der Waals surface area contributed by atoms with Crippen molar-refractivity contribution in [1.29, 1.82) is 0 Å². The zero-order valence-corrected chi connectivity index (χ0v) is 11.6. The third kappa shape index (κ3) is 4.07. The van der Waals surface area contributed by atoms with Crippen molar-refractivity contribution in [3.8, 4) is 5.75 Å². The Bertz CT molecular complexity index is 654. The second kappa shape index (κ2) is 6.56. The van der Waals surface area contributed by atoms with Gasteiger partial charge >= 0.3 is 0 Å². The maximum atomic E-state index is 11.8. The van der Waals surface area contributed by atoms with Crippen LogP contribution in [0, 0.1) is 6.92 Å². The molecule has 2 aromatic carbocycles. The van der Waals surface area contributed by atoms with Crippen LogP contribution in [-0.4, -0.2) is 23.5 Å². The molecule has 108 valence electrons. The molecule has 0 spiro atoms. The predicted molar refractivity (Wildman–Crippen MR) is 80.2 cm³/mol. The van der Waals surface area contributed by atoms with Crippen molar-refractivity contribution in [2.45, 2.75) is 6.92 Å². The Kier molecular flexibility index (Phi) is 4.56. The average molecular weight is 284 g/mol. The highest BCUT2D eigenvalue weighted by molar-refractivity contribution is 5.99. The Morgan fingerprint density at radius 2 is 1.81 bits per heavy atom. The molecule has 0 aliphatic heterocycles. The van der Waals surface area contributed by atoms with Gasteiger partial charge in [0.15, 0.2) is 0 Å². The summed E-state index contributed by atoms with van der Waals surface area (Å²) in [4.78, 5) is 23.5. The van der Waals surface area contributed by atoms with Crippen molar-refractivity contribution in [1.82, 2.24) is 5.32 Å². The molecule has 2 rings (SSSR count). The van der Waals surface area contributed by atoms with Crippen molar-refractivity contribution in [2.75, 3.05) is 11.9 Å². The van der Waals surface area contributed by atoms with Gasteiger partial charge in [-0.2, -0.15) is 0 Å². The van der Waals surface area contributed by atoms with Crippen molar-refractivity contribution in [2.24, 2.45) is 0 Å². The van der Waals surface area contributed by atoms with E-state index in [4.69, 9.17) is 0 Å². The molecule has 0 saturated carbocycles. The molecule has 0 fully saturated rings. The first-order valence-electron chi connectivity index (χ1n) is 6.49. The maximum absolute atomic E-state index is 11.8. The van der Waals surface area contributed by atoms with Gasteiger partial charge < -0.3 is 15.7 Å². The zero-order valence-electron chi connectivity index (χ0n) is 11.6. The molecule has 0 atom stereocenters. The molecule has 2 amide bonds. The van der Waals surface area contributed by atoms with Crippen LogP contribution in [0.25, 0.3) is 0 Å². The van der Waals surface area contributed by atoms with Crippen molar-refractivity contribution >= 4 is 17.5 Å². The number of hydrogen-bond donors (Lipinski definition) is 3. The van der Waals surface area contributed by atoms with Crippen LogP contribution in [0.5, 0.6) is 5.75 Å². The molecule has 0 aliphatic rings. The van der Waals surface area contributed by atoms with E-state index in [1.807, 2.05) is 6.07 Å². The molecule has 21 heavy (non-hydrogen) atoms. The van der Waals surface area contributed by atoms with Crippen LogP contribution < -0.4 is 10.6 Å². The molecule has 5 heteroatoms. The number of amides is 2. The minimum absolute atomic E-state index is 0.112. The fraction of sp³-hybridized carbons (Fsp3) is 0.125. The molecule has 0 aromatic heterocycles. The lowest BCUT2D eigenvalue weighted by Gasteiger charge is -2.08. The van der Waals surface area contributed by atoms with Crippen molar-refractivity contribution in [3.63, 3.8) is 0 Å². The van der Waals surface area contributed by atoms with Gasteiger partial charge in [-0.25, -0.2) is 0 Å². The predicted octanol–water partition coefficient (Wildman–Crippen LogP) is 2.07. The van der Waals surface area contributed by atoms with Gasteiger partial charge in [-0.05, 0) is 30.7 Å². The smallest absolute Gasteiger partial charge is 0.251 e. The van der Waals surface area contributed by atoms with Crippen LogP contribution in [0.1, 0.15) is 15.9 Å². The summed E-state index contributed by atoms with van der Waals surface area (Å²) in [5.41, 5.74) is 1.71. The third-order valence-electron chi connectivity index (χ3n) is 2.94. The van der Waals surface area contributed by atoms with Crippen LogP contribution in [0.3, 0.4) is 0 Å². The molecule has 3 N–H and O–H groups in total. The van der Waals surface area contributed by atoms with Gasteiger partial charge in [0.2, 0.25) is 5.91 Å². The highest BCUT2D eigenvalue weighted by Gasteiger charge is 2.08. The number of phenols is 1. The van der Waals surface area contributed by atoms with Crippen LogP contribution >= 0.6 is 0 Å². The SMILES string of the molecule is Cc1ccc(NC(=O)CNC(=O)c2ccccc2)cc1O. The van der Waals surface area contributed by atoms with Crippen LogP contribution in [-0.2, 0) is 4.79 Å². The largest absolute Gasteiger partial charge is 0.508 e. The molecule has 2 aromatic rings. The number of carbonyl (C=O) groups is 2. The number of aromatic hydroxyl groups is 1. The highest BCUT2D eigenvalue weighted by atomic mass is 16.3. The van der Waals surface area contributed by atoms with E-state index >= 15 is 0 Å². The van der Waals surface area contributed by atoms with Gasteiger partial charge in [0, 0.05) is 17.3 Å². The van der Waals surface area contributed by atoms with Gasteiger partial charge in [-0.1, -0.05) is 24.3 Å². The summed E-state index contributed by atoms with van der Waals surface area (Å²) in [6, 6.07) is 13.5. The quantitative estimate of drug-likeness (QED) is 0.804. The molecule has 0 aliphatic carbocycles. The first-order valence-corrected chi connectivity index (χ1v) is 6.49. The average Bonchev–Trinajstić information content (AvgIpc) is 2.49. The lowest BCUT2D eigenvalue weighted by Crippen LogP contribution is -2.32. The fourth-order valence-electron chi connectivity index (χ4n) is 1.74. The summed E-state index contributed by atoms with van der Waals surface area (Å²) in [6.07, 6.45) is 0. The fourth-order valence-corrected chi connectivity index (χ4v) is 1.74. The lowest BCUT2D eigenvalue weighted by atomic mass is 10.2. The minimum Gasteiger partial charge on any atom is -0.508 e. The molecule has 5 nitrogen and oxygen atoms in total. The highest BCUT2D eigenvalue weighted by Crippen LogP contribution is 2.20. The van der Waals surface area contributed by atoms with Gasteiger partial charge in [0.1, 0.15) is 5.75 Å². The Balaban J connectivity index is 1.87. The molecule has 0 unspecified atom stereocenters. The van der Waals surface area contributed by atoms with E-state index in [9.17, 15) is 14.7 Å². The number of benzene rings is 2. The standard InChI is InChI=1S/C16H16N2O3/c1-11-7-8-13(9-14(11)19)18-15(20)10-17-16(21)12-5-3-2-4-6-12/h2-9,19H,10H2,1H3,(H,17,21)(H,18,20). The van der Waals surface area contributed by atoms with Crippen LogP contribution in [0.2, 0.25) is 0 Å². The van der Waals surface area contributed by atoms with E-state index in [-0.39, 0.29) is 24.1 Å². The van der Waals surface area contributed by atoms with Crippen LogP contribution in [0.15, 0.2) is 48.5 Å². The molecule has 0 saturated heterocycles. The Morgan fingerprint density at radius 3 is 2.48 bits per heavy atom. The summed E-state index contributed by atoms with van der Waals surface area (Å²) >= 11 is 0.